The van der Waals surface area contributed by atoms with Crippen molar-refractivity contribution >= 4 is 11.2 Å². The van der Waals surface area contributed by atoms with Gasteiger partial charge in [0.15, 0.2) is 5.65 Å². The molecule has 1 atom stereocenters. The molecule has 1 N–H and O–H groups in total. The molecule has 5 heteroatoms. The van der Waals surface area contributed by atoms with Crippen molar-refractivity contribution in [2.45, 2.75) is 26.4 Å². The molecule has 4 nitrogen and oxygen atoms in total. The van der Waals surface area contributed by atoms with Crippen LogP contribution >= 0.6 is 0 Å². The summed E-state index contributed by atoms with van der Waals surface area (Å²) >= 11 is 0. The van der Waals surface area contributed by atoms with Gasteiger partial charge in [-0.3, -0.25) is 0 Å². The van der Waals surface area contributed by atoms with Gasteiger partial charge in [0.1, 0.15) is 17.4 Å². The Labute approximate surface area is 157 Å². The van der Waals surface area contributed by atoms with Crippen LogP contribution in [0.5, 0.6) is 5.75 Å². The van der Waals surface area contributed by atoms with Crippen LogP contribution in [0.2, 0.25) is 0 Å². The lowest BCUT2D eigenvalue weighted by molar-refractivity contribution is 0.217. The molecule has 2 heterocycles. The number of rotatable bonds is 5. The minimum atomic E-state index is -0.270. The standard InChI is InChI=1S/C22H20FN3O/c1-3-14(2)27-17-8-6-7-15(11-17)21-25-20-12-16(13-24-22(20)26-21)18-9-4-5-10-19(18)23/h4-14H,3H2,1-2H3,(H,24,25,26). The summed E-state index contributed by atoms with van der Waals surface area (Å²) in [6, 6.07) is 16.4. The van der Waals surface area contributed by atoms with Gasteiger partial charge in [-0.05, 0) is 37.6 Å². The normalized spacial score (nSPS) is 12.3. The Bertz CT molecular complexity index is 1090. The summed E-state index contributed by atoms with van der Waals surface area (Å²) in [5.74, 6) is 1.24. The van der Waals surface area contributed by atoms with Gasteiger partial charge in [-0.2, -0.15) is 0 Å². The van der Waals surface area contributed by atoms with Gasteiger partial charge in [0.25, 0.3) is 0 Å². The van der Waals surface area contributed by atoms with Gasteiger partial charge in [0.2, 0.25) is 0 Å². The van der Waals surface area contributed by atoms with E-state index in [-0.39, 0.29) is 11.9 Å². The van der Waals surface area contributed by atoms with Crippen LogP contribution in [0.3, 0.4) is 0 Å². The Morgan fingerprint density at radius 3 is 2.74 bits per heavy atom. The molecule has 0 fully saturated rings. The maximum absolute atomic E-state index is 14.1. The van der Waals surface area contributed by atoms with E-state index in [2.05, 4.69) is 21.9 Å². The Kier molecular flexibility index (Phi) is 4.59. The number of aromatic nitrogens is 3. The summed E-state index contributed by atoms with van der Waals surface area (Å²) in [7, 11) is 0. The molecular weight excluding hydrogens is 341 g/mol. The molecule has 2 aromatic carbocycles. The van der Waals surface area contributed by atoms with Gasteiger partial charge < -0.3 is 9.72 Å². The second-order valence-corrected chi connectivity index (χ2v) is 6.52. The van der Waals surface area contributed by atoms with Crippen molar-refractivity contribution in [1.82, 2.24) is 15.0 Å². The van der Waals surface area contributed by atoms with E-state index < -0.39 is 0 Å². The second-order valence-electron chi connectivity index (χ2n) is 6.52. The lowest BCUT2D eigenvalue weighted by atomic mass is 10.1. The van der Waals surface area contributed by atoms with Crippen LogP contribution in [0.25, 0.3) is 33.7 Å². The Hall–Kier alpha value is -3.21. The zero-order chi connectivity index (χ0) is 18.8. The Balaban J connectivity index is 1.70. The lowest BCUT2D eigenvalue weighted by Gasteiger charge is -2.12. The number of benzene rings is 2. The fourth-order valence-corrected chi connectivity index (χ4v) is 2.91. The monoisotopic (exact) mass is 361 g/mol. The van der Waals surface area contributed by atoms with Gasteiger partial charge in [-0.15, -0.1) is 0 Å². The zero-order valence-electron chi connectivity index (χ0n) is 15.2. The molecule has 0 bridgehead atoms. The highest BCUT2D eigenvalue weighted by Crippen LogP contribution is 2.27. The lowest BCUT2D eigenvalue weighted by Crippen LogP contribution is -2.09. The van der Waals surface area contributed by atoms with Gasteiger partial charge in [0.05, 0.1) is 11.6 Å². The number of nitrogens with zero attached hydrogens (tertiary/aromatic N) is 2. The Morgan fingerprint density at radius 2 is 1.93 bits per heavy atom. The van der Waals surface area contributed by atoms with E-state index in [0.29, 0.717) is 22.6 Å². The molecular formula is C22H20FN3O. The molecule has 0 aliphatic rings. The molecule has 4 rings (SSSR count). The number of pyridine rings is 1. The smallest absolute Gasteiger partial charge is 0.178 e. The first-order valence-electron chi connectivity index (χ1n) is 9.02. The van der Waals surface area contributed by atoms with E-state index in [1.54, 1.807) is 18.3 Å². The highest BCUT2D eigenvalue weighted by molar-refractivity contribution is 5.81. The van der Waals surface area contributed by atoms with E-state index >= 15 is 0 Å². The van der Waals surface area contributed by atoms with Gasteiger partial charge in [0, 0.05) is 22.9 Å². The summed E-state index contributed by atoms with van der Waals surface area (Å²) in [5.41, 5.74) is 3.51. The quantitative estimate of drug-likeness (QED) is 0.503. The summed E-state index contributed by atoms with van der Waals surface area (Å²) < 4.78 is 19.9. The number of hydrogen-bond donors (Lipinski definition) is 1. The average Bonchev–Trinajstić information content (AvgIpc) is 3.12. The number of fused-ring (bicyclic) bond motifs is 1. The van der Waals surface area contributed by atoms with Crippen molar-refractivity contribution in [1.29, 1.82) is 0 Å². The fraction of sp³-hybridized carbons (Fsp3) is 0.182. The van der Waals surface area contributed by atoms with Crippen molar-refractivity contribution in [3.05, 3.63) is 66.6 Å². The van der Waals surface area contributed by atoms with Crippen molar-refractivity contribution in [3.8, 4) is 28.3 Å². The molecule has 0 amide bonds. The number of hydrogen-bond acceptors (Lipinski definition) is 3. The van der Waals surface area contributed by atoms with Gasteiger partial charge in [-0.1, -0.05) is 37.3 Å². The van der Waals surface area contributed by atoms with E-state index in [9.17, 15) is 4.39 Å². The third-order valence-electron chi connectivity index (χ3n) is 4.54. The third-order valence-corrected chi connectivity index (χ3v) is 4.54. The molecule has 1 unspecified atom stereocenters. The van der Waals surface area contributed by atoms with Gasteiger partial charge >= 0.3 is 0 Å². The molecule has 4 aromatic rings. The maximum Gasteiger partial charge on any atom is 0.178 e. The predicted molar refractivity (Wildman–Crippen MR) is 105 cm³/mol. The fourth-order valence-electron chi connectivity index (χ4n) is 2.91. The molecule has 27 heavy (non-hydrogen) atoms. The Morgan fingerprint density at radius 1 is 1.07 bits per heavy atom. The minimum Gasteiger partial charge on any atom is -0.491 e. The van der Waals surface area contributed by atoms with Crippen LogP contribution in [0.4, 0.5) is 4.39 Å². The van der Waals surface area contributed by atoms with Crippen molar-refractivity contribution in [3.63, 3.8) is 0 Å². The minimum absolute atomic E-state index is 0.154. The number of ether oxygens (including phenoxy) is 1. The van der Waals surface area contributed by atoms with Crippen molar-refractivity contribution < 1.29 is 9.13 Å². The number of nitrogens with one attached hydrogen (secondary N) is 1. The summed E-state index contributed by atoms with van der Waals surface area (Å²) in [4.78, 5) is 12.2. The number of imidazole rings is 1. The van der Waals surface area contributed by atoms with Crippen LogP contribution in [0.15, 0.2) is 60.8 Å². The van der Waals surface area contributed by atoms with Crippen LogP contribution in [-0.2, 0) is 0 Å². The first kappa shape index (κ1) is 17.2. The van der Waals surface area contributed by atoms with Crippen LogP contribution in [-0.4, -0.2) is 21.1 Å². The number of halogens is 1. The van der Waals surface area contributed by atoms with E-state index in [1.807, 2.05) is 43.3 Å². The predicted octanol–water partition coefficient (Wildman–Crippen LogP) is 5.61. The molecule has 0 spiro atoms. The highest BCUT2D eigenvalue weighted by Gasteiger charge is 2.11. The first-order chi connectivity index (χ1) is 13.1. The van der Waals surface area contributed by atoms with Crippen LogP contribution in [0, 0.1) is 5.82 Å². The second kappa shape index (κ2) is 7.19. The largest absolute Gasteiger partial charge is 0.491 e. The summed E-state index contributed by atoms with van der Waals surface area (Å²) in [5, 5.41) is 0. The number of H-pyrrole nitrogens is 1. The SMILES string of the molecule is CCC(C)Oc1cccc(-c2nc3ncc(-c4ccccc4F)cc3[nH]2)c1. The molecule has 136 valence electrons. The van der Waals surface area contributed by atoms with E-state index in [1.165, 1.54) is 6.07 Å². The average molecular weight is 361 g/mol. The zero-order valence-corrected chi connectivity index (χ0v) is 15.2. The first-order valence-corrected chi connectivity index (χ1v) is 9.02. The van der Waals surface area contributed by atoms with E-state index in [4.69, 9.17) is 4.74 Å². The molecule has 0 aliphatic carbocycles. The third kappa shape index (κ3) is 3.53. The molecule has 0 radical (unpaired) electrons. The molecule has 0 saturated heterocycles. The molecule has 0 aliphatic heterocycles. The van der Waals surface area contributed by atoms with Crippen LogP contribution < -0.4 is 4.74 Å². The van der Waals surface area contributed by atoms with Crippen molar-refractivity contribution in [2.75, 3.05) is 0 Å². The maximum atomic E-state index is 14.1. The van der Waals surface area contributed by atoms with Crippen LogP contribution in [0.1, 0.15) is 20.3 Å². The topological polar surface area (TPSA) is 50.8 Å². The number of aromatic amines is 1. The van der Waals surface area contributed by atoms with E-state index in [0.717, 1.165) is 23.3 Å². The summed E-state index contributed by atoms with van der Waals surface area (Å²) in [6.07, 6.45) is 2.74. The summed E-state index contributed by atoms with van der Waals surface area (Å²) in [6.45, 7) is 4.13. The molecule has 2 aromatic heterocycles. The highest BCUT2D eigenvalue weighted by atomic mass is 19.1. The van der Waals surface area contributed by atoms with Crippen molar-refractivity contribution in [2.24, 2.45) is 0 Å². The molecule has 0 saturated carbocycles. The van der Waals surface area contributed by atoms with Gasteiger partial charge in [-0.25, -0.2) is 14.4 Å².